The van der Waals surface area contributed by atoms with Crippen LogP contribution in [0.5, 0.6) is 0 Å². The topological polar surface area (TPSA) is 102 Å². The van der Waals surface area contributed by atoms with Crippen LogP contribution in [0.1, 0.15) is 0 Å². The van der Waals surface area contributed by atoms with E-state index in [2.05, 4.69) is 16.6 Å². The predicted molar refractivity (Wildman–Crippen MR) is 21.1 cm³/mol. The van der Waals surface area contributed by atoms with E-state index in [-0.39, 0.29) is 0 Å². The number of carbonyl (C=O) groups excluding carboxylic acids is 1. The summed E-state index contributed by atoms with van der Waals surface area (Å²) in [5.74, 6) is 4.40. The van der Waals surface area contributed by atoms with Gasteiger partial charge >= 0.3 is 6.03 Å². The minimum absolute atomic E-state index is 0.759. The van der Waals surface area contributed by atoms with Crippen LogP contribution in [0.3, 0.4) is 0 Å². The number of nitrogens with one attached hydrogen (secondary N) is 2. The van der Waals surface area contributed by atoms with E-state index in [1.165, 1.54) is 0 Å². The van der Waals surface area contributed by atoms with Gasteiger partial charge in [-0.25, -0.2) is 10.2 Å². The van der Waals surface area contributed by atoms with Gasteiger partial charge in [0.2, 0.25) is 0 Å². The molecular formula is CH6N4O2. The summed E-state index contributed by atoms with van der Waals surface area (Å²) in [6, 6.07) is -0.759. The standard InChI is InChI=1S/CH6N4O2/c2-1(6)4-5-7-3/h5H,3H2,(H3,2,4,6). The van der Waals surface area contributed by atoms with Crippen molar-refractivity contribution in [3.63, 3.8) is 0 Å². The van der Waals surface area contributed by atoms with Crippen LogP contribution in [-0.4, -0.2) is 6.03 Å². The predicted octanol–water partition coefficient (Wildman–Crippen LogP) is -2.04. The summed E-state index contributed by atoms with van der Waals surface area (Å²) >= 11 is 0. The van der Waals surface area contributed by atoms with Crippen molar-refractivity contribution in [2.45, 2.75) is 0 Å². The molecule has 6 N–H and O–H groups in total. The van der Waals surface area contributed by atoms with Crippen molar-refractivity contribution in [2.24, 2.45) is 11.6 Å². The molecule has 0 spiro atoms. The fourth-order valence-corrected chi connectivity index (χ4v) is 0.0798. The van der Waals surface area contributed by atoms with Gasteiger partial charge in [0.25, 0.3) is 0 Å². The lowest BCUT2D eigenvalue weighted by Gasteiger charge is -1.95. The molecule has 0 aromatic rings. The van der Waals surface area contributed by atoms with Crippen LogP contribution in [-0.2, 0) is 4.94 Å². The highest BCUT2D eigenvalue weighted by Crippen LogP contribution is 1.43. The Morgan fingerprint density at radius 3 is 2.43 bits per heavy atom. The van der Waals surface area contributed by atoms with E-state index < -0.39 is 6.03 Å². The summed E-state index contributed by atoms with van der Waals surface area (Å²) in [5, 5.41) is 0. The highest BCUT2D eigenvalue weighted by molar-refractivity contribution is 5.70. The lowest BCUT2D eigenvalue weighted by atomic mass is 11.2. The molecule has 0 heterocycles. The molecule has 0 aliphatic heterocycles. The van der Waals surface area contributed by atoms with Crippen molar-refractivity contribution in [1.82, 2.24) is 11.0 Å². The van der Waals surface area contributed by atoms with Crippen LogP contribution in [0, 0.1) is 0 Å². The Bertz CT molecular complexity index is 62.7. The van der Waals surface area contributed by atoms with Crippen LogP contribution in [0.4, 0.5) is 4.79 Å². The molecule has 0 bridgehead atoms. The van der Waals surface area contributed by atoms with Gasteiger partial charge < -0.3 is 5.73 Å². The Labute approximate surface area is 39.7 Å². The number of carbonyl (C=O) groups is 1. The minimum atomic E-state index is -0.759. The highest BCUT2D eigenvalue weighted by atomic mass is 16.8. The van der Waals surface area contributed by atoms with Crippen LogP contribution in [0.2, 0.25) is 0 Å². The Balaban J connectivity index is 2.82. The number of rotatable bonds is 2. The second-order valence-electron chi connectivity index (χ2n) is 0.709. The Kier molecular flexibility index (Phi) is 2.94. The zero-order valence-electron chi connectivity index (χ0n) is 3.47. The van der Waals surface area contributed by atoms with Crippen molar-refractivity contribution in [1.29, 1.82) is 0 Å². The highest BCUT2D eigenvalue weighted by Gasteiger charge is 1.82. The first kappa shape index (κ1) is 6.15. The van der Waals surface area contributed by atoms with Crippen LogP contribution in [0.25, 0.3) is 0 Å². The summed E-state index contributed by atoms with van der Waals surface area (Å²) in [6.07, 6.45) is 0. The van der Waals surface area contributed by atoms with Gasteiger partial charge in [0.1, 0.15) is 0 Å². The van der Waals surface area contributed by atoms with Gasteiger partial charge in [0, 0.05) is 0 Å². The van der Waals surface area contributed by atoms with Gasteiger partial charge in [0.05, 0.1) is 0 Å². The number of urea groups is 1. The lowest BCUT2D eigenvalue weighted by Crippen LogP contribution is -2.42. The summed E-state index contributed by atoms with van der Waals surface area (Å²) in [4.78, 5) is 13.4. The van der Waals surface area contributed by atoms with Gasteiger partial charge in [-0.05, 0) is 0 Å². The molecule has 0 aliphatic rings. The second-order valence-corrected chi connectivity index (χ2v) is 0.709. The molecule has 0 fully saturated rings. The van der Waals surface area contributed by atoms with Gasteiger partial charge in [-0.2, -0.15) is 10.8 Å². The molecule has 42 valence electrons. The molecule has 0 unspecified atom stereocenters. The van der Waals surface area contributed by atoms with Crippen LogP contribution < -0.4 is 22.6 Å². The van der Waals surface area contributed by atoms with Gasteiger partial charge in [-0.3, -0.25) is 0 Å². The molecule has 6 nitrogen and oxygen atoms in total. The number of primary amides is 1. The Morgan fingerprint density at radius 1 is 1.71 bits per heavy atom. The molecule has 0 radical (unpaired) electrons. The number of amides is 2. The largest absolute Gasteiger partial charge is 0.350 e. The molecule has 0 aromatic heterocycles. The lowest BCUT2D eigenvalue weighted by molar-refractivity contribution is 0.0192. The molecule has 0 saturated carbocycles. The third kappa shape index (κ3) is 5.15. The third-order valence-corrected chi connectivity index (χ3v) is 0.233. The van der Waals surface area contributed by atoms with Gasteiger partial charge in [0.15, 0.2) is 0 Å². The zero-order chi connectivity index (χ0) is 5.70. The average molecular weight is 106 g/mol. The fraction of sp³-hybridized carbons (Fsp3) is 0. The zero-order valence-corrected chi connectivity index (χ0v) is 3.47. The summed E-state index contributed by atoms with van der Waals surface area (Å²) in [6.45, 7) is 0. The molecular weight excluding hydrogens is 100 g/mol. The fourth-order valence-electron chi connectivity index (χ4n) is 0.0798. The molecule has 2 amide bonds. The van der Waals surface area contributed by atoms with Crippen molar-refractivity contribution in [3.8, 4) is 0 Å². The SMILES string of the molecule is NONNC(N)=O. The van der Waals surface area contributed by atoms with Crippen molar-refractivity contribution < 1.29 is 9.73 Å². The first-order valence-corrected chi connectivity index (χ1v) is 1.43. The first-order chi connectivity index (χ1) is 3.27. The molecule has 0 atom stereocenters. The van der Waals surface area contributed by atoms with Crippen molar-refractivity contribution >= 4 is 6.03 Å². The van der Waals surface area contributed by atoms with Crippen molar-refractivity contribution in [2.75, 3.05) is 0 Å². The Morgan fingerprint density at radius 2 is 2.29 bits per heavy atom. The average Bonchev–Trinajstić information content (AvgIpc) is 1.61. The summed E-state index contributed by atoms with van der Waals surface area (Å²) in [7, 11) is 0. The second kappa shape index (κ2) is 3.34. The maximum absolute atomic E-state index is 9.67. The smallest absolute Gasteiger partial charge is 0.328 e. The minimum Gasteiger partial charge on any atom is -0.350 e. The summed E-state index contributed by atoms with van der Waals surface area (Å²) < 4.78 is 0. The van der Waals surface area contributed by atoms with Crippen LogP contribution >= 0.6 is 0 Å². The van der Waals surface area contributed by atoms with Crippen LogP contribution in [0.15, 0.2) is 0 Å². The maximum Gasteiger partial charge on any atom is 0.328 e. The monoisotopic (exact) mass is 106 g/mol. The maximum atomic E-state index is 9.67. The number of hydrazine groups is 1. The molecule has 0 aliphatic carbocycles. The van der Waals surface area contributed by atoms with E-state index >= 15 is 0 Å². The normalized spacial score (nSPS) is 8.14. The molecule has 0 rings (SSSR count). The van der Waals surface area contributed by atoms with E-state index in [9.17, 15) is 4.79 Å². The van der Waals surface area contributed by atoms with E-state index in [1.807, 2.05) is 5.43 Å². The molecule has 7 heavy (non-hydrogen) atoms. The molecule has 0 saturated heterocycles. The Hall–Kier alpha value is -0.850. The molecule has 0 aromatic carbocycles. The summed E-state index contributed by atoms with van der Waals surface area (Å²) in [5.41, 5.74) is 8.17. The number of nitrogens with two attached hydrogens (primary N) is 2. The van der Waals surface area contributed by atoms with E-state index in [0.29, 0.717) is 0 Å². The third-order valence-electron chi connectivity index (χ3n) is 0.233. The van der Waals surface area contributed by atoms with E-state index in [0.717, 1.165) is 0 Å². The molecule has 6 heteroatoms. The quantitative estimate of drug-likeness (QED) is 0.305. The van der Waals surface area contributed by atoms with Gasteiger partial charge in [-0.1, -0.05) is 5.59 Å². The van der Waals surface area contributed by atoms with E-state index in [1.54, 1.807) is 5.59 Å². The number of hydrogen-bond donors (Lipinski definition) is 4. The number of hydrogen-bond acceptors (Lipinski definition) is 4. The van der Waals surface area contributed by atoms with Gasteiger partial charge in [-0.15, -0.1) is 0 Å². The first-order valence-electron chi connectivity index (χ1n) is 1.43. The van der Waals surface area contributed by atoms with E-state index in [4.69, 9.17) is 0 Å². The van der Waals surface area contributed by atoms with Crippen molar-refractivity contribution in [3.05, 3.63) is 0 Å².